The third-order valence-corrected chi connectivity index (χ3v) is 3.37. The molecule has 0 saturated carbocycles. The Balaban J connectivity index is 1.87. The van der Waals surface area contributed by atoms with Crippen LogP contribution in [-0.4, -0.2) is 19.6 Å². The lowest BCUT2D eigenvalue weighted by molar-refractivity contribution is -0.118. The minimum atomic E-state index is -0.272. The topological polar surface area (TPSA) is 47.6 Å². The van der Waals surface area contributed by atoms with Crippen molar-refractivity contribution in [2.24, 2.45) is 0 Å². The Bertz CT molecular complexity index is 629. The van der Waals surface area contributed by atoms with Crippen LogP contribution in [0.4, 0.5) is 5.69 Å². The SMILES string of the molecule is COc1ccc(NC(=O)COc2ccc(Cl)c(Cl)c2)cc1. The Morgan fingerprint density at radius 1 is 1.05 bits per heavy atom. The highest BCUT2D eigenvalue weighted by atomic mass is 35.5. The predicted molar refractivity (Wildman–Crippen MR) is 83.6 cm³/mol. The molecule has 0 aliphatic rings. The van der Waals surface area contributed by atoms with Crippen molar-refractivity contribution in [1.29, 1.82) is 0 Å². The molecule has 0 radical (unpaired) electrons. The van der Waals surface area contributed by atoms with E-state index >= 15 is 0 Å². The van der Waals surface area contributed by atoms with Crippen LogP contribution in [0.1, 0.15) is 0 Å². The number of carbonyl (C=O) groups is 1. The van der Waals surface area contributed by atoms with E-state index in [9.17, 15) is 4.79 Å². The second-order valence-corrected chi connectivity index (χ2v) is 4.96. The number of halogens is 2. The Hall–Kier alpha value is -1.91. The van der Waals surface area contributed by atoms with Gasteiger partial charge in [0.05, 0.1) is 17.2 Å². The van der Waals surface area contributed by atoms with E-state index in [1.807, 2.05) is 0 Å². The maximum absolute atomic E-state index is 11.8. The van der Waals surface area contributed by atoms with Gasteiger partial charge in [-0.2, -0.15) is 0 Å². The molecule has 0 aliphatic carbocycles. The van der Waals surface area contributed by atoms with Crippen molar-refractivity contribution in [3.8, 4) is 11.5 Å². The average molecular weight is 326 g/mol. The van der Waals surface area contributed by atoms with Crippen molar-refractivity contribution in [2.75, 3.05) is 19.0 Å². The van der Waals surface area contributed by atoms with Crippen molar-refractivity contribution in [3.63, 3.8) is 0 Å². The monoisotopic (exact) mass is 325 g/mol. The molecule has 21 heavy (non-hydrogen) atoms. The summed E-state index contributed by atoms with van der Waals surface area (Å²) in [7, 11) is 1.58. The molecule has 0 atom stereocenters. The maximum atomic E-state index is 11.8. The minimum Gasteiger partial charge on any atom is -0.497 e. The predicted octanol–water partition coefficient (Wildman–Crippen LogP) is 4.02. The fraction of sp³-hybridized carbons (Fsp3) is 0.133. The molecule has 110 valence electrons. The van der Waals surface area contributed by atoms with E-state index in [0.717, 1.165) is 5.75 Å². The highest BCUT2D eigenvalue weighted by molar-refractivity contribution is 6.42. The van der Waals surface area contributed by atoms with Crippen LogP contribution >= 0.6 is 23.2 Å². The number of rotatable bonds is 5. The summed E-state index contributed by atoms with van der Waals surface area (Å²) in [6.07, 6.45) is 0. The Kier molecular flexibility index (Phi) is 5.31. The van der Waals surface area contributed by atoms with Gasteiger partial charge in [0.1, 0.15) is 11.5 Å². The Labute approximate surface area is 132 Å². The lowest BCUT2D eigenvalue weighted by atomic mass is 10.3. The lowest BCUT2D eigenvalue weighted by Gasteiger charge is -2.08. The van der Waals surface area contributed by atoms with Gasteiger partial charge in [0.25, 0.3) is 5.91 Å². The molecule has 6 heteroatoms. The van der Waals surface area contributed by atoms with Gasteiger partial charge < -0.3 is 14.8 Å². The van der Waals surface area contributed by atoms with Crippen molar-refractivity contribution >= 4 is 34.8 Å². The number of benzene rings is 2. The summed E-state index contributed by atoms with van der Waals surface area (Å²) in [4.78, 5) is 11.8. The van der Waals surface area contributed by atoms with E-state index in [-0.39, 0.29) is 12.5 Å². The molecule has 4 nitrogen and oxygen atoms in total. The molecule has 1 N–H and O–H groups in total. The molecule has 0 bridgehead atoms. The summed E-state index contributed by atoms with van der Waals surface area (Å²) in [5, 5.41) is 3.53. The van der Waals surface area contributed by atoms with E-state index in [2.05, 4.69) is 5.32 Å². The van der Waals surface area contributed by atoms with Gasteiger partial charge in [-0.25, -0.2) is 0 Å². The summed E-state index contributed by atoms with van der Waals surface area (Å²) in [6.45, 7) is -0.121. The molecular formula is C15H13Cl2NO3. The van der Waals surface area contributed by atoms with Crippen molar-refractivity contribution in [1.82, 2.24) is 0 Å². The van der Waals surface area contributed by atoms with Crippen molar-refractivity contribution < 1.29 is 14.3 Å². The van der Waals surface area contributed by atoms with Crippen molar-refractivity contribution in [3.05, 3.63) is 52.5 Å². The van der Waals surface area contributed by atoms with E-state index < -0.39 is 0 Å². The normalized spacial score (nSPS) is 10.0. The smallest absolute Gasteiger partial charge is 0.262 e. The lowest BCUT2D eigenvalue weighted by Crippen LogP contribution is -2.20. The van der Waals surface area contributed by atoms with Gasteiger partial charge in [-0.1, -0.05) is 23.2 Å². The third-order valence-electron chi connectivity index (χ3n) is 2.63. The number of amides is 1. The largest absolute Gasteiger partial charge is 0.497 e. The fourth-order valence-corrected chi connectivity index (χ4v) is 1.88. The molecule has 0 heterocycles. The second-order valence-electron chi connectivity index (χ2n) is 4.14. The summed E-state index contributed by atoms with van der Waals surface area (Å²) >= 11 is 11.7. The summed E-state index contributed by atoms with van der Waals surface area (Å²) in [5.41, 5.74) is 0.665. The molecule has 0 spiro atoms. The number of nitrogens with one attached hydrogen (secondary N) is 1. The van der Waals surface area contributed by atoms with Gasteiger partial charge in [-0.05, 0) is 36.4 Å². The zero-order valence-electron chi connectivity index (χ0n) is 11.2. The summed E-state index contributed by atoms with van der Waals surface area (Å²) < 4.78 is 10.4. The first-order chi connectivity index (χ1) is 10.1. The average Bonchev–Trinajstić information content (AvgIpc) is 2.49. The Morgan fingerprint density at radius 2 is 1.71 bits per heavy atom. The molecule has 0 fully saturated rings. The Morgan fingerprint density at radius 3 is 2.33 bits per heavy atom. The van der Waals surface area contributed by atoms with E-state index in [1.165, 1.54) is 0 Å². The summed E-state index contributed by atoms with van der Waals surface area (Å²) in [6, 6.07) is 11.8. The van der Waals surface area contributed by atoms with Crippen LogP contribution in [-0.2, 0) is 4.79 Å². The number of carbonyl (C=O) groups excluding carboxylic acids is 1. The first kappa shape index (κ1) is 15.5. The molecule has 1 amide bonds. The van der Waals surface area contributed by atoms with E-state index in [0.29, 0.717) is 21.5 Å². The molecule has 2 aromatic carbocycles. The quantitative estimate of drug-likeness (QED) is 0.903. The highest BCUT2D eigenvalue weighted by Crippen LogP contribution is 2.26. The molecule has 2 aromatic rings. The van der Waals surface area contributed by atoms with Crippen LogP contribution in [0.3, 0.4) is 0 Å². The van der Waals surface area contributed by atoms with Gasteiger partial charge in [0.2, 0.25) is 0 Å². The number of hydrogen-bond acceptors (Lipinski definition) is 3. The van der Waals surface area contributed by atoms with Crippen LogP contribution in [0.15, 0.2) is 42.5 Å². The van der Waals surface area contributed by atoms with Gasteiger partial charge in [-0.3, -0.25) is 4.79 Å². The first-order valence-corrected chi connectivity index (χ1v) is 6.86. The number of ether oxygens (including phenoxy) is 2. The minimum absolute atomic E-state index is 0.121. The number of methoxy groups -OCH3 is 1. The fourth-order valence-electron chi connectivity index (χ4n) is 1.59. The zero-order valence-corrected chi connectivity index (χ0v) is 12.7. The molecular weight excluding hydrogens is 313 g/mol. The van der Waals surface area contributed by atoms with Crippen LogP contribution < -0.4 is 14.8 Å². The molecule has 0 saturated heterocycles. The molecule has 0 unspecified atom stereocenters. The third kappa shape index (κ3) is 4.55. The maximum Gasteiger partial charge on any atom is 0.262 e. The van der Waals surface area contributed by atoms with Gasteiger partial charge in [0.15, 0.2) is 6.61 Å². The molecule has 0 aliphatic heterocycles. The molecule has 2 rings (SSSR count). The number of hydrogen-bond donors (Lipinski definition) is 1. The van der Waals surface area contributed by atoms with Crippen LogP contribution in [0, 0.1) is 0 Å². The van der Waals surface area contributed by atoms with E-state index in [4.69, 9.17) is 32.7 Å². The van der Waals surface area contributed by atoms with Gasteiger partial charge in [0, 0.05) is 11.8 Å². The van der Waals surface area contributed by atoms with E-state index in [1.54, 1.807) is 49.6 Å². The molecule has 0 aromatic heterocycles. The van der Waals surface area contributed by atoms with Gasteiger partial charge >= 0.3 is 0 Å². The van der Waals surface area contributed by atoms with Gasteiger partial charge in [-0.15, -0.1) is 0 Å². The highest BCUT2D eigenvalue weighted by Gasteiger charge is 2.05. The number of anilines is 1. The second kappa shape index (κ2) is 7.20. The van der Waals surface area contributed by atoms with Crippen molar-refractivity contribution in [2.45, 2.75) is 0 Å². The summed E-state index contributed by atoms with van der Waals surface area (Å²) in [5.74, 6) is 0.931. The van der Waals surface area contributed by atoms with Crippen LogP contribution in [0.5, 0.6) is 11.5 Å². The first-order valence-electron chi connectivity index (χ1n) is 6.10. The standard InChI is InChI=1S/C15H13Cl2NO3/c1-20-11-4-2-10(3-5-11)18-15(19)9-21-12-6-7-13(16)14(17)8-12/h2-8H,9H2,1H3,(H,18,19). The zero-order chi connectivity index (χ0) is 15.2. The van der Waals surface area contributed by atoms with Crippen LogP contribution in [0.25, 0.3) is 0 Å². The van der Waals surface area contributed by atoms with Crippen LogP contribution in [0.2, 0.25) is 10.0 Å².